The van der Waals surface area contributed by atoms with Crippen LogP contribution in [-0.4, -0.2) is 33.2 Å². The number of rotatable bonds is 9. The number of anilines is 1. The molecule has 114 valence electrons. The molecular weight excluding hydrogens is 278 g/mol. The third-order valence-corrected chi connectivity index (χ3v) is 3.29. The van der Waals surface area contributed by atoms with Crippen LogP contribution >= 0.6 is 11.6 Å². The summed E-state index contributed by atoms with van der Waals surface area (Å²) in [7, 11) is 1.63. The Kier molecular flexibility index (Phi) is 7.73. The number of ether oxygens (including phenoxy) is 3. The second-order valence-electron chi connectivity index (χ2n) is 4.36. The van der Waals surface area contributed by atoms with E-state index >= 15 is 0 Å². The molecule has 1 N–H and O–H groups in total. The smallest absolute Gasteiger partial charge is 0.159 e. The average molecular weight is 302 g/mol. The molecule has 0 saturated carbocycles. The van der Waals surface area contributed by atoms with Crippen LogP contribution in [0.1, 0.15) is 25.8 Å². The molecule has 1 aromatic carbocycles. The highest BCUT2D eigenvalue weighted by Crippen LogP contribution is 2.30. The minimum absolute atomic E-state index is 0.170. The van der Waals surface area contributed by atoms with Crippen LogP contribution in [0.15, 0.2) is 12.1 Å². The Hall–Kier alpha value is -0.970. The average Bonchev–Trinajstić information content (AvgIpc) is 2.43. The number of halogens is 1. The largest absolute Gasteiger partial charge is 0.495 e. The fourth-order valence-corrected chi connectivity index (χ4v) is 2.04. The fraction of sp³-hybridized carbons (Fsp3) is 0.600. The van der Waals surface area contributed by atoms with E-state index in [4.69, 9.17) is 25.8 Å². The molecule has 0 aliphatic carbocycles. The number of methoxy groups -OCH3 is 1. The molecule has 0 atom stereocenters. The highest BCUT2D eigenvalue weighted by molar-refractivity contribution is 6.31. The fourth-order valence-electron chi connectivity index (χ4n) is 1.88. The number of nitrogens with one attached hydrogen (secondary N) is 1. The zero-order valence-corrected chi connectivity index (χ0v) is 13.4. The predicted molar refractivity (Wildman–Crippen MR) is 82.9 cm³/mol. The molecule has 0 amide bonds. The first-order valence-corrected chi connectivity index (χ1v) is 7.31. The molecule has 5 heteroatoms. The summed E-state index contributed by atoms with van der Waals surface area (Å²) >= 11 is 6.08. The SMILES string of the molecule is CCOC(CCNc1cc(C)c(Cl)cc1OC)OCC. The minimum atomic E-state index is -0.170. The summed E-state index contributed by atoms with van der Waals surface area (Å²) in [5.41, 5.74) is 1.95. The maximum atomic E-state index is 6.08. The molecule has 0 unspecified atom stereocenters. The molecule has 0 saturated heterocycles. The molecule has 0 bridgehead atoms. The first kappa shape index (κ1) is 17.1. The van der Waals surface area contributed by atoms with E-state index in [2.05, 4.69) is 5.32 Å². The highest BCUT2D eigenvalue weighted by atomic mass is 35.5. The number of hydrogen-bond donors (Lipinski definition) is 1. The zero-order valence-electron chi connectivity index (χ0n) is 12.7. The second kappa shape index (κ2) is 9.06. The van der Waals surface area contributed by atoms with E-state index in [0.29, 0.717) is 18.2 Å². The van der Waals surface area contributed by atoms with Gasteiger partial charge in [-0.25, -0.2) is 0 Å². The molecule has 4 nitrogen and oxygen atoms in total. The molecule has 1 aromatic rings. The van der Waals surface area contributed by atoms with Crippen LogP contribution in [0.3, 0.4) is 0 Å². The van der Waals surface area contributed by atoms with Gasteiger partial charge in [-0.1, -0.05) is 11.6 Å². The summed E-state index contributed by atoms with van der Waals surface area (Å²) < 4.78 is 16.3. The number of aryl methyl sites for hydroxylation is 1. The Morgan fingerprint density at radius 2 is 1.85 bits per heavy atom. The number of benzene rings is 1. The first-order valence-electron chi connectivity index (χ1n) is 6.93. The lowest BCUT2D eigenvalue weighted by molar-refractivity contribution is -0.137. The third-order valence-electron chi connectivity index (χ3n) is 2.88. The van der Waals surface area contributed by atoms with Gasteiger partial charge in [-0.3, -0.25) is 0 Å². The van der Waals surface area contributed by atoms with Gasteiger partial charge in [-0.15, -0.1) is 0 Å². The van der Waals surface area contributed by atoms with Crippen molar-refractivity contribution in [3.8, 4) is 5.75 Å². The van der Waals surface area contributed by atoms with E-state index in [1.54, 1.807) is 7.11 Å². The molecule has 20 heavy (non-hydrogen) atoms. The molecule has 0 radical (unpaired) electrons. The highest BCUT2D eigenvalue weighted by Gasteiger charge is 2.10. The van der Waals surface area contributed by atoms with Gasteiger partial charge in [0.25, 0.3) is 0 Å². The second-order valence-corrected chi connectivity index (χ2v) is 4.76. The minimum Gasteiger partial charge on any atom is -0.495 e. The van der Waals surface area contributed by atoms with Crippen LogP contribution in [0.25, 0.3) is 0 Å². The van der Waals surface area contributed by atoms with Gasteiger partial charge in [-0.05, 0) is 32.4 Å². The standard InChI is InChI=1S/C15H24ClNO3/c1-5-19-15(20-6-2)7-8-17-13-9-11(3)12(16)10-14(13)18-4/h9-10,15,17H,5-8H2,1-4H3. The molecule has 0 aliphatic rings. The molecule has 0 spiro atoms. The Morgan fingerprint density at radius 3 is 2.40 bits per heavy atom. The van der Waals surface area contributed by atoms with Crippen LogP contribution in [0, 0.1) is 6.92 Å². The normalized spacial score (nSPS) is 10.9. The first-order chi connectivity index (χ1) is 9.62. The summed E-state index contributed by atoms with van der Waals surface area (Å²) in [6, 6.07) is 3.80. The lowest BCUT2D eigenvalue weighted by atomic mass is 10.2. The van der Waals surface area contributed by atoms with Gasteiger partial charge in [0.1, 0.15) is 5.75 Å². The quantitative estimate of drug-likeness (QED) is 0.703. The Balaban J connectivity index is 2.58. The van der Waals surface area contributed by atoms with Crippen LogP contribution in [0.5, 0.6) is 5.75 Å². The molecule has 0 fully saturated rings. The van der Waals surface area contributed by atoms with E-state index in [-0.39, 0.29) is 6.29 Å². The summed E-state index contributed by atoms with van der Waals surface area (Å²) in [5, 5.41) is 4.04. The maximum absolute atomic E-state index is 6.08. The van der Waals surface area contributed by atoms with E-state index in [1.165, 1.54) is 0 Å². The van der Waals surface area contributed by atoms with E-state index in [0.717, 1.165) is 30.0 Å². The van der Waals surface area contributed by atoms with Crippen molar-refractivity contribution in [1.29, 1.82) is 0 Å². The van der Waals surface area contributed by atoms with Gasteiger partial charge in [-0.2, -0.15) is 0 Å². The van der Waals surface area contributed by atoms with Gasteiger partial charge in [0, 0.05) is 37.3 Å². The van der Waals surface area contributed by atoms with E-state index < -0.39 is 0 Å². The van der Waals surface area contributed by atoms with Crippen molar-refractivity contribution in [2.75, 3.05) is 32.2 Å². The van der Waals surface area contributed by atoms with E-state index in [9.17, 15) is 0 Å². The Bertz CT molecular complexity index is 406. The van der Waals surface area contributed by atoms with Crippen LogP contribution in [0.4, 0.5) is 5.69 Å². The van der Waals surface area contributed by atoms with Crippen LogP contribution in [-0.2, 0) is 9.47 Å². The maximum Gasteiger partial charge on any atom is 0.159 e. The molecule has 0 aromatic heterocycles. The van der Waals surface area contributed by atoms with Crippen molar-refractivity contribution in [2.45, 2.75) is 33.5 Å². The monoisotopic (exact) mass is 301 g/mol. The lowest BCUT2D eigenvalue weighted by Gasteiger charge is -2.18. The summed E-state index contributed by atoms with van der Waals surface area (Å²) in [6.45, 7) is 7.93. The number of hydrogen-bond acceptors (Lipinski definition) is 4. The van der Waals surface area contributed by atoms with Crippen molar-refractivity contribution in [3.05, 3.63) is 22.7 Å². The molecular formula is C15H24ClNO3. The van der Waals surface area contributed by atoms with Crippen molar-refractivity contribution in [1.82, 2.24) is 0 Å². The third kappa shape index (κ3) is 5.19. The summed E-state index contributed by atoms with van der Waals surface area (Å²) in [5.74, 6) is 0.741. The Labute approximate surface area is 126 Å². The van der Waals surface area contributed by atoms with Gasteiger partial charge < -0.3 is 19.5 Å². The molecule has 0 aliphatic heterocycles. The Morgan fingerprint density at radius 1 is 1.20 bits per heavy atom. The van der Waals surface area contributed by atoms with Crippen molar-refractivity contribution < 1.29 is 14.2 Å². The van der Waals surface area contributed by atoms with Crippen molar-refractivity contribution >= 4 is 17.3 Å². The molecule has 1 rings (SSSR count). The van der Waals surface area contributed by atoms with Gasteiger partial charge >= 0.3 is 0 Å². The van der Waals surface area contributed by atoms with Crippen LogP contribution < -0.4 is 10.1 Å². The summed E-state index contributed by atoms with van der Waals surface area (Å²) in [4.78, 5) is 0. The topological polar surface area (TPSA) is 39.7 Å². The zero-order chi connectivity index (χ0) is 15.0. The predicted octanol–water partition coefficient (Wildman–Crippen LogP) is 3.86. The summed E-state index contributed by atoms with van der Waals surface area (Å²) in [6.07, 6.45) is 0.601. The van der Waals surface area contributed by atoms with Gasteiger partial charge in [0.2, 0.25) is 0 Å². The van der Waals surface area contributed by atoms with Crippen molar-refractivity contribution in [2.24, 2.45) is 0 Å². The lowest BCUT2D eigenvalue weighted by Crippen LogP contribution is -2.21. The van der Waals surface area contributed by atoms with Crippen molar-refractivity contribution in [3.63, 3.8) is 0 Å². The van der Waals surface area contributed by atoms with Gasteiger partial charge in [0.05, 0.1) is 12.8 Å². The van der Waals surface area contributed by atoms with E-state index in [1.807, 2.05) is 32.9 Å². The molecule has 0 heterocycles. The van der Waals surface area contributed by atoms with Crippen LogP contribution in [0.2, 0.25) is 5.02 Å². The van der Waals surface area contributed by atoms with Gasteiger partial charge in [0.15, 0.2) is 6.29 Å².